The molecule has 5 nitrogen and oxygen atoms in total. The first-order valence-electron chi connectivity index (χ1n) is 7.56. The first-order valence-corrected chi connectivity index (χ1v) is 9.86. The van der Waals surface area contributed by atoms with Crippen molar-refractivity contribution in [3.05, 3.63) is 51.7 Å². The van der Waals surface area contributed by atoms with Crippen molar-refractivity contribution in [1.29, 1.82) is 0 Å². The average Bonchev–Trinajstić information content (AvgIpc) is 3.23. The number of rotatable bonds is 5. The fourth-order valence-electron chi connectivity index (χ4n) is 2.35. The third kappa shape index (κ3) is 4.23. The number of benzene rings is 1. The van der Waals surface area contributed by atoms with Crippen LogP contribution >= 0.6 is 34.7 Å². The van der Waals surface area contributed by atoms with Crippen molar-refractivity contribution in [2.75, 3.05) is 24.2 Å². The van der Waals surface area contributed by atoms with E-state index in [1.807, 2.05) is 22.9 Å². The molecule has 0 bridgehead atoms. The maximum absolute atomic E-state index is 12.3. The second-order valence-corrected chi connectivity index (χ2v) is 7.58. The zero-order valence-electron chi connectivity index (χ0n) is 13.5. The molecule has 0 saturated carbocycles. The van der Waals surface area contributed by atoms with Crippen LogP contribution in [-0.2, 0) is 16.1 Å². The fraction of sp³-hybridized carbons (Fsp3) is 0.235. The van der Waals surface area contributed by atoms with Crippen molar-refractivity contribution in [2.45, 2.75) is 6.54 Å². The van der Waals surface area contributed by atoms with Crippen LogP contribution in [0.3, 0.4) is 0 Å². The van der Waals surface area contributed by atoms with Crippen molar-refractivity contribution in [1.82, 2.24) is 4.90 Å². The van der Waals surface area contributed by atoms with E-state index in [0.717, 1.165) is 5.56 Å². The number of amidine groups is 1. The number of anilines is 1. The number of aliphatic imine (C=N–C) groups is 1. The maximum atomic E-state index is 12.3. The van der Waals surface area contributed by atoms with Crippen LogP contribution in [-0.4, -0.2) is 41.2 Å². The SMILES string of the molecule is CN(Cc1ccsc1)C(=O)CSC1=NCC(=O)N1c1ccccc1Cl. The van der Waals surface area contributed by atoms with Gasteiger partial charge in [0, 0.05) is 13.6 Å². The molecule has 130 valence electrons. The molecule has 1 aromatic carbocycles. The number of para-hydroxylation sites is 1. The van der Waals surface area contributed by atoms with Gasteiger partial charge in [0.15, 0.2) is 5.17 Å². The van der Waals surface area contributed by atoms with Crippen LogP contribution in [0, 0.1) is 0 Å². The lowest BCUT2D eigenvalue weighted by molar-refractivity contribution is -0.127. The summed E-state index contributed by atoms with van der Waals surface area (Å²) in [5.41, 5.74) is 1.70. The number of nitrogens with zero attached hydrogens (tertiary/aromatic N) is 3. The summed E-state index contributed by atoms with van der Waals surface area (Å²) < 4.78 is 0. The Morgan fingerprint density at radius 2 is 2.20 bits per heavy atom. The van der Waals surface area contributed by atoms with Gasteiger partial charge in [-0.3, -0.25) is 19.5 Å². The number of carbonyl (C=O) groups is 2. The summed E-state index contributed by atoms with van der Waals surface area (Å²) >= 11 is 9.06. The molecular weight excluding hydrogens is 378 g/mol. The van der Waals surface area contributed by atoms with Gasteiger partial charge in [-0.15, -0.1) is 0 Å². The van der Waals surface area contributed by atoms with Gasteiger partial charge in [-0.05, 0) is 34.5 Å². The van der Waals surface area contributed by atoms with Crippen LogP contribution in [0.15, 0.2) is 46.1 Å². The standard InChI is InChI=1S/C17H16ClN3O2S2/c1-20(9-12-6-7-24-10-12)16(23)11-25-17-19-8-15(22)21(17)14-5-3-2-4-13(14)18/h2-7,10H,8-9,11H2,1H3. The van der Waals surface area contributed by atoms with E-state index in [1.54, 1.807) is 41.5 Å². The summed E-state index contributed by atoms with van der Waals surface area (Å²) in [6, 6.07) is 9.12. The molecule has 0 spiro atoms. The quantitative estimate of drug-likeness (QED) is 0.781. The summed E-state index contributed by atoms with van der Waals surface area (Å²) in [5.74, 6) is 0.0558. The zero-order valence-corrected chi connectivity index (χ0v) is 15.9. The van der Waals surface area contributed by atoms with E-state index in [4.69, 9.17) is 11.6 Å². The molecule has 0 fully saturated rings. The highest BCUT2D eigenvalue weighted by molar-refractivity contribution is 8.14. The van der Waals surface area contributed by atoms with Crippen LogP contribution in [0.5, 0.6) is 0 Å². The Bertz CT molecular complexity index is 808. The van der Waals surface area contributed by atoms with Crippen LogP contribution in [0.4, 0.5) is 5.69 Å². The number of thiophene rings is 1. The molecule has 0 radical (unpaired) electrons. The monoisotopic (exact) mass is 393 g/mol. The molecule has 25 heavy (non-hydrogen) atoms. The predicted molar refractivity (Wildman–Crippen MR) is 104 cm³/mol. The highest BCUT2D eigenvalue weighted by Crippen LogP contribution is 2.30. The molecule has 0 N–H and O–H groups in total. The lowest BCUT2D eigenvalue weighted by atomic mass is 10.3. The topological polar surface area (TPSA) is 53.0 Å². The predicted octanol–water partition coefficient (Wildman–Crippen LogP) is 3.50. The minimum absolute atomic E-state index is 0.0163. The van der Waals surface area contributed by atoms with E-state index in [-0.39, 0.29) is 24.1 Å². The van der Waals surface area contributed by atoms with Crippen molar-refractivity contribution in [3.8, 4) is 0 Å². The van der Waals surface area contributed by atoms with Crippen LogP contribution in [0.2, 0.25) is 5.02 Å². The Balaban J connectivity index is 1.63. The summed E-state index contributed by atoms with van der Waals surface area (Å²) in [7, 11) is 1.77. The maximum Gasteiger partial charge on any atom is 0.254 e. The van der Waals surface area contributed by atoms with Gasteiger partial charge in [0.25, 0.3) is 5.91 Å². The number of amides is 2. The van der Waals surface area contributed by atoms with Crippen LogP contribution in [0.1, 0.15) is 5.56 Å². The lowest BCUT2D eigenvalue weighted by Gasteiger charge is -2.20. The molecule has 0 unspecified atom stereocenters. The molecule has 1 aromatic heterocycles. The number of carbonyl (C=O) groups excluding carboxylic acids is 2. The van der Waals surface area contributed by atoms with Gasteiger partial charge < -0.3 is 4.90 Å². The largest absolute Gasteiger partial charge is 0.341 e. The summed E-state index contributed by atoms with van der Waals surface area (Å²) in [5, 5.41) is 5.00. The molecule has 2 heterocycles. The first-order chi connectivity index (χ1) is 12.1. The molecule has 8 heteroatoms. The van der Waals surface area contributed by atoms with Gasteiger partial charge in [0.1, 0.15) is 6.54 Å². The van der Waals surface area contributed by atoms with Gasteiger partial charge in [0.05, 0.1) is 16.5 Å². The first kappa shape index (κ1) is 18.0. The van der Waals surface area contributed by atoms with E-state index in [0.29, 0.717) is 22.4 Å². The Labute approximate surface area is 159 Å². The van der Waals surface area contributed by atoms with E-state index in [9.17, 15) is 9.59 Å². The molecule has 2 amide bonds. The summed E-state index contributed by atoms with van der Waals surface area (Å²) in [6.45, 7) is 0.648. The van der Waals surface area contributed by atoms with E-state index >= 15 is 0 Å². The van der Waals surface area contributed by atoms with Crippen LogP contribution in [0.25, 0.3) is 0 Å². The zero-order chi connectivity index (χ0) is 17.8. The van der Waals surface area contributed by atoms with Gasteiger partial charge in [-0.1, -0.05) is 35.5 Å². The Kier molecular flexibility index (Phi) is 5.78. The van der Waals surface area contributed by atoms with Crippen molar-refractivity contribution in [3.63, 3.8) is 0 Å². The second-order valence-electron chi connectivity index (χ2n) is 5.45. The Morgan fingerprint density at radius 1 is 1.40 bits per heavy atom. The van der Waals surface area contributed by atoms with E-state index in [1.165, 1.54) is 16.7 Å². The van der Waals surface area contributed by atoms with Gasteiger partial charge >= 0.3 is 0 Å². The van der Waals surface area contributed by atoms with Crippen molar-refractivity contribution >= 4 is 57.4 Å². The molecule has 0 saturated heterocycles. The van der Waals surface area contributed by atoms with E-state index in [2.05, 4.69) is 4.99 Å². The Morgan fingerprint density at radius 3 is 2.92 bits per heavy atom. The highest BCUT2D eigenvalue weighted by atomic mass is 35.5. The summed E-state index contributed by atoms with van der Waals surface area (Å²) in [4.78, 5) is 31.9. The highest BCUT2D eigenvalue weighted by Gasteiger charge is 2.29. The molecular formula is C17H16ClN3O2S2. The summed E-state index contributed by atoms with van der Waals surface area (Å²) in [6.07, 6.45) is 0. The normalized spacial score (nSPS) is 13.9. The third-order valence-electron chi connectivity index (χ3n) is 3.63. The number of hydrogen-bond donors (Lipinski definition) is 0. The van der Waals surface area contributed by atoms with Gasteiger partial charge in [-0.2, -0.15) is 11.3 Å². The van der Waals surface area contributed by atoms with E-state index < -0.39 is 0 Å². The van der Waals surface area contributed by atoms with Crippen molar-refractivity contribution < 1.29 is 9.59 Å². The lowest BCUT2D eigenvalue weighted by Crippen LogP contribution is -2.33. The molecule has 2 aromatic rings. The number of hydrogen-bond acceptors (Lipinski definition) is 5. The molecule has 3 rings (SSSR count). The molecule has 1 aliphatic heterocycles. The minimum Gasteiger partial charge on any atom is -0.341 e. The van der Waals surface area contributed by atoms with Crippen molar-refractivity contribution in [2.24, 2.45) is 4.99 Å². The van der Waals surface area contributed by atoms with Gasteiger partial charge in [-0.25, -0.2) is 0 Å². The number of thioether (sulfide) groups is 1. The Hall–Kier alpha value is -1.83. The average molecular weight is 394 g/mol. The fourth-order valence-corrected chi connectivity index (χ4v) is 4.18. The molecule has 1 aliphatic rings. The number of halogens is 1. The molecule has 0 aliphatic carbocycles. The van der Waals surface area contributed by atoms with Crippen LogP contribution < -0.4 is 4.90 Å². The van der Waals surface area contributed by atoms with Gasteiger partial charge in [0.2, 0.25) is 5.91 Å². The minimum atomic E-state index is -0.144. The molecule has 0 atom stereocenters. The third-order valence-corrected chi connectivity index (χ3v) is 5.65. The smallest absolute Gasteiger partial charge is 0.254 e. The second kappa shape index (κ2) is 8.03.